The second kappa shape index (κ2) is 6.29. The molecule has 0 unspecified atom stereocenters. The Balaban J connectivity index is 2.90. The molecule has 0 atom stereocenters. The standard InChI is InChI=1S/C7H11O3/c1-7(2)5-9-3-4-10-6-8/h1,3-5H2,2H3. The van der Waals surface area contributed by atoms with E-state index in [4.69, 9.17) is 4.74 Å². The van der Waals surface area contributed by atoms with Crippen molar-refractivity contribution in [2.24, 2.45) is 0 Å². The first-order valence-corrected chi connectivity index (χ1v) is 2.98. The molecule has 0 heterocycles. The first-order valence-electron chi connectivity index (χ1n) is 2.98. The van der Waals surface area contributed by atoms with Crippen LogP contribution in [0.1, 0.15) is 6.92 Å². The van der Waals surface area contributed by atoms with Gasteiger partial charge in [-0.25, -0.2) is 4.79 Å². The van der Waals surface area contributed by atoms with Crippen LogP contribution in [0.3, 0.4) is 0 Å². The second-order valence-corrected chi connectivity index (χ2v) is 1.94. The Morgan fingerprint density at radius 2 is 2.30 bits per heavy atom. The molecule has 0 amide bonds. The van der Waals surface area contributed by atoms with Crippen LogP contribution in [-0.2, 0) is 14.3 Å². The van der Waals surface area contributed by atoms with Crippen LogP contribution in [0, 0.1) is 0 Å². The first kappa shape index (κ1) is 9.17. The van der Waals surface area contributed by atoms with E-state index in [1.165, 1.54) is 6.47 Å². The minimum atomic E-state index is 0.261. The van der Waals surface area contributed by atoms with E-state index in [1.807, 2.05) is 6.92 Å². The van der Waals surface area contributed by atoms with E-state index >= 15 is 0 Å². The molecule has 0 aromatic heterocycles. The van der Waals surface area contributed by atoms with Crippen molar-refractivity contribution in [3.63, 3.8) is 0 Å². The highest BCUT2D eigenvalue weighted by atomic mass is 16.5. The van der Waals surface area contributed by atoms with Crippen molar-refractivity contribution in [1.82, 2.24) is 0 Å². The SMILES string of the molecule is C=C(C)COCCO[C]=O. The van der Waals surface area contributed by atoms with Crippen LogP contribution in [-0.4, -0.2) is 26.3 Å². The molecule has 0 bridgehead atoms. The molecule has 0 N–H and O–H groups in total. The van der Waals surface area contributed by atoms with Gasteiger partial charge in [-0.15, -0.1) is 0 Å². The van der Waals surface area contributed by atoms with Gasteiger partial charge in [0.2, 0.25) is 0 Å². The van der Waals surface area contributed by atoms with E-state index < -0.39 is 0 Å². The van der Waals surface area contributed by atoms with Crippen molar-refractivity contribution >= 4 is 6.47 Å². The lowest BCUT2D eigenvalue weighted by atomic mass is 10.4. The zero-order valence-electron chi connectivity index (χ0n) is 6.05. The van der Waals surface area contributed by atoms with Gasteiger partial charge in [0.25, 0.3) is 0 Å². The lowest BCUT2D eigenvalue weighted by molar-refractivity contribution is 0.110. The molecule has 0 fully saturated rings. The Hall–Kier alpha value is -0.830. The zero-order valence-corrected chi connectivity index (χ0v) is 6.05. The van der Waals surface area contributed by atoms with Gasteiger partial charge in [0.05, 0.1) is 13.2 Å². The molecule has 0 aliphatic rings. The molecule has 0 aromatic carbocycles. The van der Waals surface area contributed by atoms with Crippen LogP contribution in [0.2, 0.25) is 0 Å². The minimum Gasteiger partial charge on any atom is -0.455 e. The maximum Gasteiger partial charge on any atom is 0.417 e. The molecular weight excluding hydrogens is 132 g/mol. The van der Waals surface area contributed by atoms with Gasteiger partial charge >= 0.3 is 6.47 Å². The Morgan fingerprint density at radius 1 is 1.60 bits per heavy atom. The fraction of sp³-hybridized carbons (Fsp3) is 0.571. The van der Waals surface area contributed by atoms with E-state index in [0.29, 0.717) is 13.2 Å². The summed E-state index contributed by atoms with van der Waals surface area (Å²) in [6.45, 7) is 7.98. The summed E-state index contributed by atoms with van der Waals surface area (Å²) >= 11 is 0. The largest absolute Gasteiger partial charge is 0.455 e. The van der Waals surface area contributed by atoms with E-state index in [0.717, 1.165) is 5.57 Å². The monoisotopic (exact) mass is 143 g/mol. The summed E-state index contributed by atoms with van der Waals surface area (Å²) < 4.78 is 9.25. The number of hydrogen-bond acceptors (Lipinski definition) is 3. The molecule has 3 heteroatoms. The molecule has 3 nitrogen and oxygen atoms in total. The van der Waals surface area contributed by atoms with Gasteiger partial charge in [-0.1, -0.05) is 12.2 Å². The van der Waals surface area contributed by atoms with Gasteiger partial charge in [0.15, 0.2) is 0 Å². The quantitative estimate of drug-likeness (QED) is 0.405. The molecule has 0 saturated heterocycles. The summed E-state index contributed by atoms with van der Waals surface area (Å²) in [5.74, 6) is 0. The van der Waals surface area contributed by atoms with E-state index in [2.05, 4.69) is 11.3 Å². The third kappa shape index (κ3) is 7.17. The molecule has 0 aliphatic heterocycles. The molecule has 0 aromatic rings. The van der Waals surface area contributed by atoms with E-state index in [9.17, 15) is 4.79 Å². The van der Waals surface area contributed by atoms with Crippen LogP contribution in [0.5, 0.6) is 0 Å². The molecule has 0 aliphatic carbocycles. The fourth-order valence-corrected chi connectivity index (χ4v) is 0.389. The molecule has 0 spiro atoms. The van der Waals surface area contributed by atoms with Crippen LogP contribution in [0.25, 0.3) is 0 Å². The predicted molar refractivity (Wildman–Crippen MR) is 37.3 cm³/mol. The number of carbonyl (C=O) groups excluding carboxylic acids is 1. The normalized spacial score (nSPS) is 8.90. The minimum absolute atomic E-state index is 0.261. The average molecular weight is 143 g/mol. The summed E-state index contributed by atoms with van der Waals surface area (Å²) in [6, 6.07) is 0. The van der Waals surface area contributed by atoms with Gasteiger partial charge in [0.1, 0.15) is 6.61 Å². The third-order valence-electron chi connectivity index (χ3n) is 0.737. The number of hydrogen-bond donors (Lipinski definition) is 0. The van der Waals surface area contributed by atoms with Crippen molar-refractivity contribution in [2.75, 3.05) is 19.8 Å². The topological polar surface area (TPSA) is 35.5 Å². The lowest BCUT2D eigenvalue weighted by Crippen LogP contribution is -2.04. The van der Waals surface area contributed by atoms with Gasteiger partial charge in [-0.3, -0.25) is 0 Å². The summed E-state index contributed by atoms with van der Waals surface area (Å²) in [4.78, 5) is 9.48. The molecule has 0 saturated carbocycles. The first-order chi connectivity index (χ1) is 4.77. The van der Waals surface area contributed by atoms with Gasteiger partial charge < -0.3 is 9.47 Å². The van der Waals surface area contributed by atoms with Gasteiger partial charge in [-0.05, 0) is 6.92 Å². The van der Waals surface area contributed by atoms with Crippen molar-refractivity contribution < 1.29 is 14.3 Å². The smallest absolute Gasteiger partial charge is 0.417 e. The Morgan fingerprint density at radius 3 is 2.80 bits per heavy atom. The molecule has 57 valence electrons. The summed E-state index contributed by atoms with van der Waals surface area (Å²) in [5.41, 5.74) is 0.954. The third-order valence-corrected chi connectivity index (χ3v) is 0.737. The lowest BCUT2D eigenvalue weighted by Gasteiger charge is -2.00. The maximum atomic E-state index is 9.48. The van der Waals surface area contributed by atoms with Crippen molar-refractivity contribution in [2.45, 2.75) is 6.92 Å². The van der Waals surface area contributed by atoms with Crippen molar-refractivity contribution in [1.29, 1.82) is 0 Å². The summed E-state index contributed by atoms with van der Waals surface area (Å²) in [7, 11) is 0. The Bertz CT molecular complexity index is 109. The fourth-order valence-electron chi connectivity index (χ4n) is 0.389. The summed E-state index contributed by atoms with van der Waals surface area (Å²) in [6.07, 6.45) is 0. The van der Waals surface area contributed by atoms with Gasteiger partial charge in [0, 0.05) is 0 Å². The average Bonchev–Trinajstić information content (AvgIpc) is 1.87. The Kier molecular flexibility index (Phi) is 5.77. The predicted octanol–water partition coefficient (Wildman–Crippen LogP) is 0.663. The number of ether oxygens (including phenoxy) is 2. The maximum absolute atomic E-state index is 9.48. The Labute approximate surface area is 60.6 Å². The second-order valence-electron chi connectivity index (χ2n) is 1.94. The van der Waals surface area contributed by atoms with Crippen LogP contribution >= 0.6 is 0 Å². The van der Waals surface area contributed by atoms with Crippen molar-refractivity contribution in [3.05, 3.63) is 12.2 Å². The highest BCUT2D eigenvalue weighted by molar-refractivity contribution is 5.38. The van der Waals surface area contributed by atoms with Crippen LogP contribution in [0.15, 0.2) is 12.2 Å². The molecule has 0 rings (SSSR count). The van der Waals surface area contributed by atoms with Gasteiger partial charge in [-0.2, -0.15) is 0 Å². The molecule has 1 radical (unpaired) electrons. The van der Waals surface area contributed by atoms with E-state index in [1.54, 1.807) is 0 Å². The molecule has 10 heavy (non-hydrogen) atoms. The van der Waals surface area contributed by atoms with Crippen LogP contribution < -0.4 is 0 Å². The highest BCUT2D eigenvalue weighted by Gasteiger charge is 1.87. The highest BCUT2D eigenvalue weighted by Crippen LogP contribution is 1.86. The van der Waals surface area contributed by atoms with Crippen molar-refractivity contribution in [3.8, 4) is 0 Å². The summed E-state index contributed by atoms with van der Waals surface area (Å²) in [5, 5.41) is 0. The van der Waals surface area contributed by atoms with E-state index in [-0.39, 0.29) is 6.61 Å². The molecular formula is C7H11O3. The number of rotatable bonds is 6. The van der Waals surface area contributed by atoms with Crippen LogP contribution in [0.4, 0.5) is 0 Å². The zero-order chi connectivity index (χ0) is 7.82.